The number of carbonyl (C=O) groups excluding carboxylic acids is 1. The van der Waals surface area contributed by atoms with Gasteiger partial charge in [-0.3, -0.25) is 4.79 Å². The minimum Gasteiger partial charge on any atom is -0.321 e. The second-order valence-electron chi connectivity index (χ2n) is 2.90. The SMILES string of the molecule is Br.N[C@@H](Cc1ccccc1)C(=O)CCl. The van der Waals surface area contributed by atoms with Crippen LogP contribution in [0.15, 0.2) is 30.3 Å². The Morgan fingerprint density at radius 2 is 1.93 bits per heavy atom. The molecule has 0 spiro atoms. The summed E-state index contributed by atoms with van der Waals surface area (Å²) in [5, 5.41) is 0. The Morgan fingerprint density at radius 3 is 2.43 bits per heavy atom. The molecule has 0 aliphatic carbocycles. The Bertz CT molecular complexity index is 279. The molecule has 4 heteroatoms. The monoisotopic (exact) mass is 277 g/mol. The maximum atomic E-state index is 11.1. The maximum absolute atomic E-state index is 11.1. The predicted octanol–water partition coefficient (Wildman–Crippen LogP) is 1.94. The molecule has 2 nitrogen and oxygen atoms in total. The molecule has 0 saturated carbocycles. The third-order valence-electron chi connectivity index (χ3n) is 1.84. The molecule has 0 aromatic heterocycles. The molecule has 1 atom stereocenters. The van der Waals surface area contributed by atoms with Gasteiger partial charge in [0, 0.05) is 0 Å². The number of Topliss-reactive ketones (excluding diaryl/α,β-unsaturated/α-hetero) is 1. The van der Waals surface area contributed by atoms with E-state index in [1.165, 1.54) is 0 Å². The van der Waals surface area contributed by atoms with Crippen LogP contribution in [0.1, 0.15) is 5.56 Å². The van der Waals surface area contributed by atoms with Crippen molar-refractivity contribution >= 4 is 34.4 Å². The molecule has 0 amide bonds. The molecule has 0 aliphatic heterocycles. The second kappa shape index (κ2) is 6.98. The van der Waals surface area contributed by atoms with Gasteiger partial charge in [-0.1, -0.05) is 30.3 Å². The fourth-order valence-corrected chi connectivity index (χ4v) is 1.28. The highest BCUT2D eigenvalue weighted by atomic mass is 79.9. The molecule has 1 aromatic rings. The summed E-state index contributed by atoms with van der Waals surface area (Å²) in [7, 11) is 0. The van der Waals surface area contributed by atoms with Gasteiger partial charge in [-0.05, 0) is 12.0 Å². The van der Waals surface area contributed by atoms with E-state index in [9.17, 15) is 4.79 Å². The predicted molar refractivity (Wildman–Crippen MR) is 64.2 cm³/mol. The molecule has 0 fully saturated rings. The minimum absolute atomic E-state index is 0. The highest BCUT2D eigenvalue weighted by Gasteiger charge is 2.11. The van der Waals surface area contributed by atoms with Gasteiger partial charge >= 0.3 is 0 Å². The molecule has 0 bridgehead atoms. The van der Waals surface area contributed by atoms with Crippen LogP contribution < -0.4 is 5.73 Å². The Morgan fingerprint density at radius 1 is 1.36 bits per heavy atom. The van der Waals surface area contributed by atoms with Crippen molar-refractivity contribution in [2.45, 2.75) is 12.5 Å². The van der Waals surface area contributed by atoms with Crippen LogP contribution in [0.2, 0.25) is 0 Å². The van der Waals surface area contributed by atoms with E-state index in [0.29, 0.717) is 6.42 Å². The van der Waals surface area contributed by atoms with E-state index in [-0.39, 0.29) is 28.6 Å². The zero-order valence-electron chi connectivity index (χ0n) is 7.65. The van der Waals surface area contributed by atoms with E-state index >= 15 is 0 Å². The summed E-state index contributed by atoms with van der Waals surface area (Å²) < 4.78 is 0. The van der Waals surface area contributed by atoms with Crippen molar-refractivity contribution in [1.82, 2.24) is 0 Å². The van der Waals surface area contributed by atoms with Crippen molar-refractivity contribution in [3.8, 4) is 0 Å². The fourth-order valence-electron chi connectivity index (χ4n) is 1.08. The first kappa shape index (κ1) is 13.6. The molecule has 0 heterocycles. The second-order valence-corrected chi connectivity index (χ2v) is 3.16. The average molecular weight is 279 g/mol. The smallest absolute Gasteiger partial charge is 0.164 e. The number of halogens is 2. The van der Waals surface area contributed by atoms with Gasteiger partial charge in [0.2, 0.25) is 0 Å². The molecule has 0 aliphatic rings. The lowest BCUT2D eigenvalue weighted by molar-refractivity contribution is -0.117. The van der Waals surface area contributed by atoms with Crippen molar-refractivity contribution in [3.63, 3.8) is 0 Å². The molecule has 0 unspecified atom stereocenters. The molecule has 0 saturated heterocycles. The normalized spacial score (nSPS) is 11.6. The van der Waals surface area contributed by atoms with Gasteiger partial charge in [0.1, 0.15) is 0 Å². The molecule has 14 heavy (non-hydrogen) atoms. The zero-order chi connectivity index (χ0) is 9.68. The minimum atomic E-state index is -0.472. The number of rotatable bonds is 4. The Kier molecular flexibility index (Phi) is 6.79. The quantitative estimate of drug-likeness (QED) is 0.856. The van der Waals surface area contributed by atoms with Gasteiger partial charge in [-0.2, -0.15) is 0 Å². The van der Waals surface area contributed by atoms with E-state index in [2.05, 4.69) is 0 Å². The first-order valence-corrected chi connectivity index (χ1v) is 4.65. The summed E-state index contributed by atoms with van der Waals surface area (Å²) in [5.41, 5.74) is 6.69. The number of benzene rings is 1. The summed E-state index contributed by atoms with van der Waals surface area (Å²) in [4.78, 5) is 11.1. The Balaban J connectivity index is 0.00000169. The van der Waals surface area contributed by atoms with Crippen molar-refractivity contribution in [2.75, 3.05) is 5.88 Å². The largest absolute Gasteiger partial charge is 0.321 e. The molecule has 1 rings (SSSR count). The van der Waals surface area contributed by atoms with Crippen LogP contribution >= 0.6 is 28.6 Å². The van der Waals surface area contributed by atoms with Crippen LogP contribution in [0.25, 0.3) is 0 Å². The van der Waals surface area contributed by atoms with Crippen LogP contribution in [0.4, 0.5) is 0 Å². The van der Waals surface area contributed by atoms with Crippen molar-refractivity contribution in [1.29, 1.82) is 0 Å². The summed E-state index contributed by atoms with van der Waals surface area (Å²) >= 11 is 5.38. The maximum Gasteiger partial charge on any atom is 0.164 e. The van der Waals surface area contributed by atoms with Crippen LogP contribution in [-0.2, 0) is 11.2 Å². The number of carbonyl (C=O) groups is 1. The van der Waals surface area contributed by atoms with Crippen molar-refractivity contribution in [2.24, 2.45) is 5.73 Å². The number of hydrogen-bond donors (Lipinski definition) is 1. The molecular weight excluding hydrogens is 265 g/mol. The highest BCUT2D eigenvalue weighted by Crippen LogP contribution is 2.02. The summed E-state index contributed by atoms with van der Waals surface area (Å²) in [6.07, 6.45) is 0.562. The molecule has 0 radical (unpaired) electrons. The highest BCUT2D eigenvalue weighted by molar-refractivity contribution is 8.93. The van der Waals surface area contributed by atoms with Gasteiger partial charge < -0.3 is 5.73 Å². The van der Waals surface area contributed by atoms with Gasteiger partial charge in [-0.25, -0.2) is 0 Å². The number of nitrogens with two attached hydrogens (primary N) is 1. The van der Waals surface area contributed by atoms with Crippen LogP contribution in [0.3, 0.4) is 0 Å². The topological polar surface area (TPSA) is 43.1 Å². The molecule has 2 N–H and O–H groups in total. The van der Waals surface area contributed by atoms with Crippen LogP contribution in [0, 0.1) is 0 Å². The summed E-state index contributed by atoms with van der Waals surface area (Å²) in [5.74, 6) is -0.112. The van der Waals surface area contributed by atoms with Gasteiger partial charge in [0.25, 0.3) is 0 Å². The third kappa shape index (κ3) is 4.22. The van der Waals surface area contributed by atoms with E-state index in [1.54, 1.807) is 0 Å². The lowest BCUT2D eigenvalue weighted by Gasteiger charge is -2.07. The first-order valence-electron chi connectivity index (χ1n) is 4.12. The summed E-state index contributed by atoms with van der Waals surface area (Å²) in [6, 6.07) is 9.20. The van der Waals surface area contributed by atoms with E-state index in [0.717, 1.165) is 5.56 Å². The molecular formula is C10H13BrClNO. The summed E-state index contributed by atoms with van der Waals surface area (Å²) in [6.45, 7) is 0. The number of alkyl halides is 1. The standard InChI is InChI=1S/C10H12ClNO.BrH/c11-7-10(13)9(12)6-8-4-2-1-3-5-8;/h1-5,9H,6-7,12H2;1H/t9-;/m0./s1. The van der Waals surface area contributed by atoms with Crippen LogP contribution in [-0.4, -0.2) is 17.7 Å². The van der Waals surface area contributed by atoms with E-state index in [4.69, 9.17) is 17.3 Å². The number of hydrogen-bond acceptors (Lipinski definition) is 2. The lowest BCUT2D eigenvalue weighted by Crippen LogP contribution is -2.33. The molecule has 1 aromatic carbocycles. The van der Waals surface area contributed by atoms with Gasteiger partial charge in [0.05, 0.1) is 11.9 Å². The van der Waals surface area contributed by atoms with Gasteiger partial charge in [0.15, 0.2) is 5.78 Å². The third-order valence-corrected chi connectivity index (χ3v) is 2.11. The fraction of sp³-hybridized carbons (Fsp3) is 0.300. The van der Waals surface area contributed by atoms with Crippen LogP contribution in [0.5, 0.6) is 0 Å². The molecule has 78 valence electrons. The lowest BCUT2D eigenvalue weighted by atomic mass is 10.0. The zero-order valence-corrected chi connectivity index (χ0v) is 10.1. The Hall–Kier alpha value is -0.380. The first-order chi connectivity index (χ1) is 6.24. The average Bonchev–Trinajstić information content (AvgIpc) is 2.18. The van der Waals surface area contributed by atoms with E-state index in [1.807, 2.05) is 30.3 Å². The van der Waals surface area contributed by atoms with Gasteiger partial charge in [-0.15, -0.1) is 28.6 Å². The van der Waals surface area contributed by atoms with E-state index < -0.39 is 6.04 Å². The number of ketones is 1. The Labute approximate surface area is 99.2 Å². The van der Waals surface area contributed by atoms with Crippen molar-refractivity contribution in [3.05, 3.63) is 35.9 Å². The van der Waals surface area contributed by atoms with Crippen molar-refractivity contribution < 1.29 is 4.79 Å².